The quantitative estimate of drug-likeness (QED) is 0.696. The van der Waals surface area contributed by atoms with Gasteiger partial charge in [0.2, 0.25) is 0 Å². The number of nitrogens with zero attached hydrogens (tertiary/aromatic N) is 3. The Balaban J connectivity index is 1.54. The van der Waals surface area contributed by atoms with E-state index < -0.39 is 0 Å². The van der Waals surface area contributed by atoms with E-state index in [4.69, 9.17) is 10.4 Å². The van der Waals surface area contributed by atoms with Crippen molar-refractivity contribution in [1.29, 1.82) is 5.41 Å². The number of aromatic nitrogens is 2. The minimum Gasteiger partial charge on any atom is -0.510 e. The highest BCUT2D eigenvalue weighted by atomic mass is 32.1. The molecule has 0 fully saturated rings. The average Bonchev–Trinajstić information content (AvgIpc) is 3.20. The molecule has 4 rings (SSSR count). The second kappa shape index (κ2) is 7.32. The summed E-state index contributed by atoms with van der Waals surface area (Å²) in [6.07, 6.45) is 2.51. The lowest BCUT2D eigenvalue weighted by molar-refractivity contribution is 0.351. The maximum atomic E-state index is 10.5. The number of hydrogen-bond acceptors (Lipinski definition) is 5. The number of rotatable bonds is 5. The van der Waals surface area contributed by atoms with Crippen LogP contribution in [0.2, 0.25) is 0 Å². The third-order valence-corrected chi connectivity index (χ3v) is 5.59. The molecule has 2 aromatic heterocycles. The molecule has 0 saturated heterocycles. The second-order valence-corrected chi connectivity index (χ2v) is 7.66. The van der Waals surface area contributed by atoms with Crippen molar-refractivity contribution < 1.29 is 5.11 Å². The van der Waals surface area contributed by atoms with Crippen molar-refractivity contribution in [3.05, 3.63) is 76.1 Å². The van der Waals surface area contributed by atoms with Crippen molar-refractivity contribution in [2.45, 2.75) is 13.3 Å². The van der Waals surface area contributed by atoms with E-state index in [1.807, 2.05) is 60.4 Å². The molecular weight excluding hydrogens is 356 g/mol. The van der Waals surface area contributed by atoms with Crippen LogP contribution in [0.15, 0.2) is 60.5 Å². The van der Waals surface area contributed by atoms with Crippen LogP contribution >= 0.6 is 11.3 Å². The minimum atomic E-state index is 0.217. The van der Waals surface area contributed by atoms with Crippen molar-refractivity contribution >= 4 is 22.7 Å². The lowest BCUT2D eigenvalue weighted by Crippen LogP contribution is -2.29. The van der Waals surface area contributed by atoms with Gasteiger partial charge in [0.15, 0.2) is 0 Å². The number of benzene rings is 1. The van der Waals surface area contributed by atoms with E-state index in [2.05, 4.69) is 4.98 Å². The lowest BCUT2D eigenvalue weighted by atomic mass is 10.1. The standard InChI is InChI=1S/C21H20N4OS/c1-14-19(15-7-3-2-4-8-15)24-21(27-14)18-17(26)13-25(20(18)22)12-10-16-9-5-6-11-23-16/h2-9,11,22,26H,10,12-13H2,1H3. The second-order valence-electron chi connectivity index (χ2n) is 6.45. The van der Waals surface area contributed by atoms with Gasteiger partial charge < -0.3 is 10.0 Å². The molecular formula is C21H20N4OS. The fraction of sp³-hybridized carbons (Fsp3) is 0.190. The third-order valence-electron chi connectivity index (χ3n) is 4.60. The maximum Gasteiger partial charge on any atom is 0.135 e. The molecule has 0 saturated carbocycles. The number of hydrogen-bond donors (Lipinski definition) is 2. The van der Waals surface area contributed by atoms with Crippen molar-refractivity contribution in [3.8, 4) is 11.3 Å². The molecule has 0 bridgehead atoms. The van der Waals surface area contributed by atoms with Crippen LogP contribution in [0.5, 0.6) is 0 Å². The van der Waals surface area contributed by atoms with E-state index in [1.54, 1.807) is 6.20 Å². The minimum absolute atomic E-state index is 0.217. The predicted octanol–water partition coefficient (Wildman–Crippen LogP) is 4.32. The van der Waals surface area contributed by atoms with Crippen molar-refractivity contribution in [1.82, 2.24) is 14.9 Å². The zero-order valence-electron chi connectivity index (χ0n) is 15.0. The summed E-state index contributed by atoms with van der Waals surface area (Å²) in [5.41, 5.74) is 3.49. The number of thiazole rings is 1. The number of nitrogens with one attached hydrogen (secondary N) is 1. The van der Waals surface area contributed by atoms with Gasteiger partial charge in [0, 0.05) is 35.3 Å². The van der Waals surface area contributed by atoms with E-state index >= 15 is 0 Å². The van der Waals surface area contributed by atoms with Gasteiger partial charge in [-0.25, -0.2) is 4.98 Å². The van der Waals surface area contributed by atoms with Crippen molar-refractivity contribution in [2.75, 3.05) is 13.1 Å². The summed E-state index contributed by atoms with van der Waals surface area (Å²) in [5.74, 6) is 0.547. The first-order valence-electron chi connectivity index (χ1n) is 8.82. The fourth-order valence-electron chi connectivity index (χ4n) is 3.21. The molecule has 0 aliphatic carbocycles. The largest absolute Gasteiger partial charge is 0.510 e. The normalized spacial score (nSPS) is 14.3. The molecule has 3 heterocycles. The molecule has 2 N–H and O–H groups in total. The van der Waals surface area contributed by atoms with E-state index in [1.165, 1.54) is 11.3 Å². The zero-order chi connectivity index (χ0) is 18.8. The molecule has 0 amide bonds. The molecule has 0 atom stereocenters. The first-order chi connectivity index (χ1) is 13.1. The van der Waals surface area contributed by atoms with Gasteiger partial charge in [0.05, 0.1) is 17.8 Å². The first kappa shape index (κ1) is 17.4. The summed E-state index contributed by atoms with van der Waals surface area (Å²) in [4.78, 5) is 12.0. The summed E-state index contributed by atoms with van der Waals surface area (Å²) in [6, 6.07) is 15.8. The molecule has 0 radical (unpaired) electrons. The Morgan fingerprint density at radius 2 is 1.93 bits per heavy atom. The third kappa shape index (κ3) is 3.48. The van der Waals surface area contributed by atoms with Gasteiger partial charge in [0.1, 0.15) is 16.6 Å². The molecule has 5 nitrogen and oxygen atoms in total. The number of aliphatic hydroxyl groups is 1. The number of aliphatic hydroxyl groups excluding tert-OH is 1. The maximum absolute atomic E-state index is 10.5. The van der Waals surface area contributed by atoms with Crippen LogP contribution in [-0.2, 0) is 6.42 Å². The van der Waals surface area contributed by atoms with Gasteiger partial charge >= 0.3 is 0 Å². The topological polar surface area (TPSA) is 73.1 Å². The van der Waals surface area contributed by atoms with Crippen LogP contribution in [0.1, 0.15) is 15.6 Å². The summed E-state index contributed by atoms with van der Waals surface area (Å²) in [7, 11) is 0. The highest BCUT2D eigenvalue weighted by Crippen LogP contribution is 2.35. The summed E-state index contributed by atoms with van der Waals surface area (Å²) in [5, 5.41) is 19.7. The molecule has 27 heavy (non-hydrogen) atoms. The Hall–Kier alpha value is -2.99. The SMILES string of the molecule is Cc1sc(C2=C(O)CN(CCc3ccccn3)C2=N)nc1-c1ccccc1. The highest BCUT2D eigenvalue weighted by molar-refractivity contribution is 7.13. The van der Waals surface area contributed by atoms with E-state index in [0.29, 0.717) is 29.5 Å². The van der Waals surface area contributed by atoms with Gasteiger partial charge in [-0.05, 0) is 19.1 Å². The van der Waals surface area contributed by atoms with Gasteiger partial charge in [0.25, 0.3) is 0 Å². The molecule has 1 aromatic carbocycles. The summed E-state index contributed by atoms with van der Waals surface area (Å²) < 4.78 is 0. The van der Waals surface area contributed by atoms with Gasteiger partial charge in [-0.3, -0.25) is 10.4 Å². The highest BCUT2D eigenvalue weighted by Gasteiger charge is 2.30. The Bertz CT molecular complexity index is 996. The smallest absolute Gasteiger partial charge is 0.135 e. The van der Waals surface area contributed by atoms with E-state index in [9.17, 15) is 5.11 Å². The summed E-state index contributed by atoms with van der Waals surface area (Å²) in [6.45, 7) is 3.01. The molecule has 1 aliphatic rings. The molecule has 3 aromatic rings. The molecule has 6 heteroatoms. The van der Waals surface area contributed by atoms with Gasteiger partial charge in [-0.1, -0.05) is 36.4 Å². The van der Waals surface area contributed by atoms with Crippen LogP contribution in [0, 0.1) is 12.3 Å². The Kier molecular flexibility index (Phi) is 4.73. The van der Waals surface area contributed by atoms with Gasteiger partial charge in [-0.2, -0.15) is 0 Å². The molecule has 1 aliphatic heterocycles. The molecule has 0 spiro atoms. The van der Waals surface area contributed by atoms with Crippen LogP contribution < -0.4 is 0 Å². The Morgan fingerprint density at radius 3 is 2.67 bits per heavy atom. The van der Waals surface area contributed by atoms with Crippen LogP contribution in [0.25, 0.3) is 16.8 Å². The van der Waals surface area contributed by atoms with Crippen LogP contribution in [0.4, 0.5) is 0 Å². The summed E-state index contributed by atoms with van der Waals surface area (Å²) >= 11 is 1.52. The van der Waals surface area contributed by atoms with Crippen molar-refractivity contribution in [2.24, 2.45) is 0 Å². The number of pyridine rings is 1. The average molecular weight is 376 g/mol. The lowest BCUT2D eigenvalue weighted by Gasteiger charge is -2.17. The Labute approximate surface area is 162 Å². The number of aryl methyl sites for hydroxylation is 1. The van der Waals surface area contributed by atoms with E-state index in [0.717, 1.165) is 28.2 Å². The molecule has 136 valence electrons. The van der Waals surface area contributed by atoms with Gasteiger partial charge in [-0.15, -0.1) is 11.3 Å². The zero-order valence-corrected chi connectivity index (χ0v) is 15.8. The predicted molar refractivity (Wildman–Crippen MR) is 109 cm³/mol. The monoisotopic (exact) mass is 376 g/mol. The van der Waals surface area contributed by atoms with Crippen LogP contribution in [-0.4, -0.2) is 38.9 Å². The molecule has 0 unspecified atom stereocenters. The van der Waals surface area contributed by atoms with E-state index in [-0.39, 0.29) is 5.76 Å². The Morgan fingerprint density at radius 1 is 1.15 bits per heavy atom. The van der Waals surface area contributed by atoms with Crippen molar-refractivity contribution in [3.63, 3.8) is 0 Å². The fourth-order valence-corrected chi connectivity index (χ4v) is 4.22. The first-order valence-corrected chi connectivity index (χ1v) is 9.64. The number of amidine groups is 1. The van der Waals surface area contributed by atoms with Crippen LogP contribution in [0.3, 0.4) is 0 Å².